The van der Waals surface area contributed by atoms with Crippen molar-refractivity contribution >= 4 is 64.2 Å². The summed E-state index contributed by atoms with van der Waals surface area (Å²) >= 11 is 1.86. The van der Waals surface area contributed by atoms with Crippen LogP contribution in [0.15, 0.2) is 188 Å². The van der Waals surface area contributed by atoms with E-state index < -0.39 is 0 Å². The van der Waals surface area contributed by atoms with Gasteiger partial charge in [0.2, 0.25) is 0 Å². The Bertz CT molecular complexity index is 3210. The Kier molecular flexibility index (Phi) is 7.04. The molecule has 0 aliphatic rings. The number of thiophene rings is 1. The van der Waals surface area contributed by atoms with E-state index in [4.69, 9.17) is 9.97 Å². The topological polar surface area (TPSA) is 30.7 Å². The van der Waals surface area contributed by atoms with Crippen molar-refractivity contribution in [1.82, 2.24) is 14.5 Å². The van der Waals surface area contributed by atoms with E-state index in [1.807, 2.05) is 23.5 Å². The molecule has 11 aromatic rings. The monoisotopic (exact) mass is 705 g/mol. The van der Waals surface area contributed by atoms with Gasteiger partial charge in [-0.3, -0.25) is 0 Å². The lowest BCUT2D eigenvalue weighted by atomic mass is 9.98. The number of hydrogen-bond donors (Lipinski definition) is 0. The van der Waals surface area contributed by atoms with Crippen LogP contribution in [0.3, 0.4) is 0 Å². The van der Waals surface area contributed by atoms with E-state index in [-0.39, 0.29) is 0 Å². The number of para-hydroxylation sites is 2. The van der Waals surface area contributed by atoms with Gasteiger partial charge in [-0.2, -0.15) is 0 Å². The molecule has 0 aliphatic heterocycles. The first kappa shape index (κ1) is 30.7. The van der Waals surface area contributed by atoms with E-state index in [1.165, 1.54) is 53.2 Å². The normalized spacial score (nSPS) is 11.7. The largest absolute Gasteiger partial charge is 0.309 e. The highest BCUT2D eigenvalue weighted by atomic mass is 32.1. The van der Waals surface area contributed by atoms with Crippen LogP contribution in [-0.2, 0) is 0 Å². The Hall–Kier alpha value is -6.88. The Morgan fingerprint density at radius 2 is 0.963 bits per heavy atom. The molecule has 54 heavy (non-hydrogen) atoms. The quantitative estimate of drug-likeness (QED) is 0.178. The fourth-order valence-corrected chi connectivity index (χ4v) is 9.08. The molecule has 3 nitrogen and oxygen atoms in total. The fourth-order valence-electron chi connectivity index (χ4n) is 8.00. The van der Waals surface area contributed by atoms with Crippen LogP contribution >= 0.6 is 11.3 Å². The average molecular weight is 706 g/mol. The zero-order chi connectivity index (χ0) is 35.6. The fraction of sp³-hybridized carbons (Fsp3) is 0. The molecule has 0 amide bonds. The van der Waals surface area contributed by atoms with E-state index in [0.717, 1.165) is 44.4 Å². The first-order valence-corrected chi connectivity index (χ1v) is 19.1. The summed E-state index contributed by atoms with van der Waals surface area (Å²) in [7, 11) is 0. The van der Waals surface area contributed by atoms with Crippen LogP contribution in [0.25, 0.3) is 103 Å². The number of nitrogens with zero attached hydrogens (tertiary/aromatic N) is 3. The van der Waals surface area contributed by atoms with Crippen molar-refractivity contribution in [3.8, 4) is 50.6 Å². The molecule has 4 heteroatoms. The van der Waals surface area contributed by atoms with Crippen LogP contribution in [0.4, 0.5) is 0 Å². The van der Waals surface area contributed by atoms with Gasteiger partial charge in [0.15, 0.2) is 5.82 Å². The Balaban J connectivity index is 0.986. The highest BCUT2D eigenvalue weighted by Gasteiger charge is 2.16. The summed E-state index contributed by atoms with van der Waals surface area (Å²) in [5.74, 6) is 0.712. The van der Waals surface area contributed by atoms with Crippen LogP contribution in [0.1, 0.15) is 0 Å². The minimum atomic E-state index is 0.712. The summed E-state index contributed by atoms with van der Waals surface area (Å²) in [6.45, 7) is 0. The molecule has 0 saturated heterocycles. The molecule has 0 aliphatic carbocycles. The van der Waals surface area contributed by atoms with Crippen LogP contribution in [-0.4, -0.2) is 14.5 Å². The lowest BCUT2D eigenvalue weighted by Crippen LogP contribution is -1.97. The second kappa shape index (κ2) is 12.4. The lowest BCUT2D eigenvalue weighted by molar-refractivity contribution is 1.17. The van der Waals surface area contributed by atoms with Gasteiger partial charge >= 0.3 is 0 Å². The van der Waals surface area contributed by atoms with Crippen LogP contribution in [0.2, 0.25) is 0 Å². The predicted octanol–water partition coefficient (Wildman–Crippen LogP) is 13.8. The first-order valence-electron chi connectivity index (χ1n) is 18.2. The third-order valence-electron chi connectivity index (χ3n) is 10.6. The van der Waals surface area contributed by atoms with Crippen molar-refractivity contribution < 1.29 is 0 Å². The summed E-state index contributed by atoms with van der Waals surface area (Å²) in [5, 5.41) is 6.15. The van der Waals surface area contributed by atoms with Gasteiger partial charge in [-0.05, 0) is 76.9 Å². The second-order valence-corrected chi connectivity index (χ2v) is 14.9. The Labute approximate surface area is 316 Å². The SMILES string of the molecule is c1ccc(-c2nc(-c3cccc(-n4c5ccccc5c5cc(-c6ccc(-c7ccc8sc9ccccc9c8c7)cc6)ccc54)c3)nc3ccccc23)cc1. The number of rotatable bonds is 5. The Morgan fingerprint density at radius 1 is 0.352 bits per heavy atom. The van der Waals surface area contributed by atoms with Crippen molar-refractivity contribution in [3.05, 3.63) is 188 Å². The Morgan fingerprint density at radius 3 is 1.80 bits per heavy atom. The maximum atomic E-state index is 5.16. The second-order valence-electron chi connectivity index (χ2n) is 13.8. The zero-order valence-corrected chi connectivity index (χ0v) is 30.0. The van der Waals surface area contributed by atoms with Crippen molar-refractivity contribution in [1.29, 1.82) is 0 Å². The molecular weight excluding hydrogens is 675 g/mol. The summed E-state index contributed by atoms with van der Waals surface area (Å²) in [5.41, 5.74) is 12.2. The maximum absolute atomic E-state index is 5.16. The molecule has 0 radical (unpaired) electrons. The summed E-state index contributed by atoms with van der Waals surface area (Å²) < 4.78 is 5.03. The summed E-state index contributed by atoms with van der Waals surface area (Å²) in [6.07, 6.45) is 0. The third-order valence-corrected chi connectivity index (χ3v) is 11.8. The number of benzene rings is 8. The number of fused-ring (bicyclic) bond motifs is 7. The van der Waals surface area contributed by atoms with Crippen molar-refractivity contribution in [3.63, 3.8) is 0 Å². The molecule has 8 aromatic carbocycles. The van der Waals surface area contributed by atoms with Gasteiger partial charge < -0.3 is 4.57 Å². The van der Waals surface area contributed by atoms with Gasteiger partial charge in [-0.1, -0.05) is 133 Å². The van der Waals surface area contributed by atoms with E-state index in [9.17, 15) is 0 Å². The van der Waals surface area contributed by atoms with Gasteiger partial charge in [0.05, 0.1) is 22.2 Å². The molecule has 3 heterocycles. The molecule has 0 bridgehead atoms. The van der Waals surface area contributed by atoms with Crippen LogP contribution in [0.5, 0.6) is 0 Å². The highest BCUT2D eigenvalue weighted by Crippen LogP contribution is 2.39. The van der Waals surface area contributed by atoms with Gasteiger partial charge in [0.25, 0.3) is 0 Å². The third kappa shape index (κ3) is 5.03. The molecule has 0 fully saturated rings. The molecule has 0 unspecified atom stereocenters. The summed E-state index contributed by atoms with van der Waals surface area (Å²) in [4.78, 5) is 10.2. The molecular formula is C50H31N3S. The van der Waals surface area contributed by atoms with Crippen molar-refractivity contribution in [2.75, 3.05) is 0 Å². The maximum Gasteiger partial charge on any atom is 0.160 e. The van der Waals surface area contributed by atoms with Gasteiger partial charge in [-0.15, -0.1) is 11.3 Å². The minimum absolute atomic E-state index is 0.712. The lowest BCUT2D eigenvalue weighted by Gasteiger charge is -2.12. The molecule has 3 aromatic heterocycles. The predicted molar refractivity (Wildman–Crippen MR) is 229 cm³/mol. The van der Waals surface area contributed by atoms with Crippen LogP contribution in [0, 0.1) is 0 Å². The molecule has 0 atom stereocenters. The standard InChI is InChI=1S/C50H31N3S/c1-2-11-34(12-3-1)49-41-17-4-7-18-44(41)51-50(52-49)37-13-10-14-38(29-37)53-45-19-8-5-15-39(45)42-30-35(25-27-46(42)53)32-21-23-33(24-22-32)36-26-28-48-43(31-36)40-16-6-9-20-47(40)54-48/h1-31H. The van der Waals surface area contributed by atoms with E-state index >= 15 is 0 Å². The van der Waals surface area contributed by atoms with Gasteiger partial charge in [0, 0.05) is 53.1 Å². The summed E-state index contributed by atoms with van der Waals surface area (Å²) in [6, 6.07) is 67.4. The first-order chi connectivity index (χ1) is 26.7. The molecule has 0 N–H and O–H groups in total. The van der Waals surface area contributed by atoms with Gasteiger partial charge in [0.1, 0.15) is 0 Å². The molecule has 0 saturated carbocycles. The van der Waals surface area contributed by atoms with E-state index in [0.29, 0.717) is 5.82 Å². The van der Waals surface area contributed by atoms with E-state index in [2.05, 4.69) is 180 Å². The zero-order valence-electron chi connectivity index (χ0n) is 29.1. The van der Waals surface area contributed by atoms with Crippen molar-refractivity contribution in [2.45, 2.75) is 0 Å². The molecule has 252 valence electrons. The van der Waals surface area contributed by atoms with E-state index in [1.54, 1.807) is 0 Å². The minimum Gasteiger partial charge on any atom is -0.309 e. The average Bonchev–Trinajstić information content (AvgIpc) is 3.79. The number of aromatic nitrogens is 3. The molecule has 11 rings (SSSR count). The van der Waals surface area contributed by atoms with Crippen molar-refractivity contribution in [2.24, 2.45) is 0 Å². The molecule has 0 spiro atoms. The highest BCUT2D eigenvalue weighted by molar-refractivity contribution is 7.25. The number of hydrogen-bond acceptors (Lipinski definition) is 3. The smallest absolute Gasteiger partial charge is 0.160 e. The van der Waals surface area contributed by atoms with Crippen LogP contribution < -0.4 is 0 Å². The van der Waals surface area contributed by atoms with Gasteiger partial charge in [-0.25, -0.2) is 9.97 Å².